The van der Waals surface area contributed by atoms with E-state index in [-0.39, 0.29) is 6.10 Å². The van der Waals surface area contributed by atoms with Crippen LogP contribution in [0.2, 0.25) is 0 Å². The van der Waals surface area contributed by atoms with Crippen molar-refractivity contribution in [2.75, 3.05) is 19.7 Å². The first-order chi connectivity index (χ1) is 11.1. The van der Waals surface area contributed by atoms with Gasteiger partial charge in [0.15, 0.2) is 0 Å². The molecule has 3 rings (SSSR count). The lowest BCUT2D eigenvalue weighted by atomic mass is 10.1. The normalized spacial score (nSPS) is 19.8. The third kappa shape index (κ3) is 3.95. The van der Waals surface area contributed by atoms with Crippen molar-refractivity contribution in [2.24, 2.45) is 0 Å². The number of hydrogen-bond acceptors (Lipinski definition) is 6. The minimum Gasteiger partial charge on any atom is -0.375 e. The Morgan fingerprint density at radius 1 is 1.43 bits per heavy atom. The topological polar surface area (TPSA) is 72.4 Å². The van der Waals surface area contributed by atoms with Gasteiger partial charge in [0.1, 0.15) is 10.5 Å². The molecular formula is C15H19N3O3S2. The van der Waals surface area contributed by atoms with Gasteiger partial charge in [-0.15, -0.1) is 11.3 Å². The van der Waals surface area contributed by atoms with Crippen LogP contribution in [-0.4, -0.2) is 48.5 Å². The predicted octanol–water partition coefficient (Wildman–Crippen LogP) is 1.87. The van der Waals surface area contributed by atoms with Crippen LogP contribution in [0.25, 0.3) is 0 Å². The lowest BCUT2D eigenvalue weighted by Crippen LogP contribution is -2.45. The highest BCUT2D eigenvalue weighted by molar-refractivity contribution is 7.91. The van der Waals surface area contributed by atoms with Gasteiger partial charge in [0, 0.05) is 24.5 Å². The fourth-order valence-electron chi connectivity index (χ4n) is 2.58. The van der Waals surface area contributed by atoms with Gasteiger partial charge in [-0.3, -0.25) is 0 Å². The fourth-order valence-corrected chi connectivity index (χ4v) is 5.18. The Balaban J connectivity index is 1.62. The third-order valence-electron chi connectivity index (χ3n) is 3.77. The Kier molecular flexibility index (Phi) is 5.05. The van der Waals surface area contributed by atoms with E-state index in [1.165, 1.54) is 15.6 Å². The van der Waals surface area contributed by atoms with Gasteiger partial charge in [0.25, 0.3) is 10.0 Å². The van der Waals surface area contributed by atoms with Crippen LogP contribution in [0, 0.1) is 6.92 Å². The van der Waals surface area contributed by atoms with Crippen molar-refractivity contribution in [3.8, 4) is 0 Å². The van der Waals surface area contributed by atoms with Gasteiger partial charge in [-0.05, 0) is 37.3 Å². The molecular weight excluding hydrogens is 334 g/mol. The second-order valence-electron chi connectivity index (χ2n) is 5.48. The largest absolute Gasteiger partial charge is 0.375 e. The minimum absolute atomic E-state index is 0.103. The summed E-state index contributed by atoms with van der Waals surface area (Å²) in [4.78, 5) is 8.31. The number of nitrogens with zero attached hydrogens (tertiary/aromatic N) is 3. The number of ether oxygens (including phenoxy) is 1. The molecule has 0 saturated carbocycles. The molecule has 8 heteroatoms. The summed E-state index contributed by atoms with van der Waals surface area (Å²) in [5.74, 6) is 0. The lowest BCUT2D eigenvalue weighted by Gasteiger charge is -2.31. The smallest absolute Gasteiger partial charge is 0.252 e. The van der Waals surface area contributed by atoms with Crippen LogP contribution in [0.3, 0.4) is 0 Å². The van der Waals surface area contributed by atoms with Crippen LogP contribution in [0.5, 0.6) is 0 Å². The van der Waals surface area contributed by atoms with Crippen molar-refractivity contribution in [1.82, 2.24) is 14.3 Å². The Labute approximate surface area is 140 Å². The van der Waals surface area contributed by atoms with Crippen molar-refractivity contribution < 1.29 is 13.2 Å². The fraction of sp³-hybridized carbons (Fsp3) is 0.467. The number of thiophene rings is 1. The highest BCUT2D eigenvalue weighted by Crippen LogP contribution is 2.23. The summed E-state index contributed by atoms with van der Waals surface area (Å²) < 4.78 is 32.8. The van der Waals surface area contributed by atoms with E-state index >= 15 is 0 Å². The van der Waals surface area contributed by atoms with Gasteiger partial charge in [-0.2, -0.15) is 4.31 Å². The van der Waals surface area contributed by atoms with Crippen molar-refractivity contribution in [1.29, 1.82) is 0 Å². The van der Waals surface area contributed by atoms with Crippen molar-refractivity contribution >= 4 is 21.4 Å². The van der Waals surface area contributed by atoms with E-state index in [2.05, 4.69) is 9.97 Å². The van der Waals surface area contributed by atoms with Crippen molar-refractivity contribution in [2.45, 2.75) is 30.1 Å². The molecule has 0 N–H and O–H groups in total. The molecule has 0 radical (unpaired) electrons. The molecule has 0 spiro atoms. The number of morpholine rings is 1. The highest BCUT2D eigenvalue weighted by Gasteiger charge is 2.31. The first kappa shape index (κ1) is 16.5. The second-order valence-corrected chi connectivity index (χ2v) is 8.59. The maximum atomic E-state index is 12.6. The molecule has 23 heavy (non-hydrogen) atoms. The van der Waals surface area contributed by atoms with E-state index in [9.17, 15) is 8.42 Å². The first-order valence-electron chi connectivity index (χ1n) is 7.48. The molecule has 124 valence electrons. The second kappa shape index (κ2) is 7.04. The summed E-state index contributed by atoms with van der Waals surface area (Å²) in [6, 6.07) is 5.35. The molecule has 2 aromatic heterocycles. The average molecular weight is 353 g/mol. The molecule has 6 nitrogen and oxygen atoms in total. The molecule has 0 aliphatic carbocycles. The third-order valence-corrected chi connectivity index (χ3v) is 7.01. The molecule has 0 amide bonds. The Morgan fingerprint density at radius 3 is 3.04 bits per heavy atom. The summed E-state index contributed by atoms with van der Waals surface area (Å²) in [5, 5.41) is 1.78. The molecule has 0 aromatic carbocycles. The standard InChI is InChI=1S/C15H19N3O3S2/c1-12-9-13(17-11-16-12)4-5-14-10-18(6-7-21-14)23(19,20)15-3-2-8-22-15/h2-3,8-9,11,14H,4-7,10H2,1H3/t14-/m1/s1. The van der Waals surface area contributed by atoms with E-state index in [0.717, 1.165) is 24.2 Å². The average Bonchev–Trinajstić information content (AvgIpc) is 3.09. The zero-order valence-electron chi connectivity index (χ0n) is 12.9. The molecule has 1 atom stereocenters. The SMILES string of the molecule is Cc1cc(CC[C@@H]2CN(S(=O)(=O)c3cccs3)CCO2)ncn1. The van der Waals surface area contributed by atoms with E-state index in [0.29, 0.717) is 23.9 Å². The Bertz CT molecular complexity index is 747. The van der Waals surface area contributed by atoms with E-state index < -0.39 is 10.0 Å². The highest BCUT2D eigenvalue weighted by atomic mass is 32.2. The van der Waals surface area contributed by atoms with Gasteiger partial charge in [-0.1, -0.05) is 6.07 Å². The summed E-state index contributed by atoms with van der Waals surface area (Å²) in [5.41, 5.74) is 1.89. The summed E-state index contributed by atoms with van der Waals surface area (Å²) in [6.07, 6.45) is 2.95. The van der Waals surface area contributed by atoms with Gasteiger partial charge in [-0.25, -0.2) is 18.4 Å². The molecule has 1 fully saturated rings. The summed E-state index contributed by atoms with van der Waals surface area (Å²) in [6.45, 7) is 3.16. The Hall–Kier alpha value is -1.35. The molecule has 1 saturated heterocycles. The maximum absolute atomic E-state index is 12.6. The molecule has 3 heterocycles. The summed E-state index contributed by atoms with van der Waals surface area (Å²) >= 11 is 1.25. The van der Waals surface area contributed by atoms with E-state index in [1.54, 1.807) is 23.8 Å². The molecule has 2 aromatic rings. The van der Waals surface area contributed by atoms with Gasteiger partial charge in [0.2, 0.25) is 0 Å². The quantitative estimate of drug-likeness (QED) is 0.820. The molecule has 1 aliphatic heterocycles. The monoisotopic (exact) mass is 353 g/mol. The van der Waals surface area contributed by atoms with Gasteiger partial charge >= 0.3 is 0 Å². The first-order valence-corrected chi connectivity index (χ1v) is 9.80. The number of hydrogen-bond donors (Lipinski definition) is 0. The predicted molar refractivity (Wildman–Crippen MR) is 87.9 cm³/mol. The lowest BCUT2D eigenvalue weighted by molar-refractivity contribution is -0.00533. The van der Waals surface area contributed by atoms with Crippen LogP contribution < -0.4 is 0 Å². The van der Waals surface area contributed by atoms with Crippen molar-refractivity contribution in [3.05, 3.63) is 41.3 Å². The van der Waals surface area contributed by atoms with Gasteiger partial charge < -0.3 is 4.74 Å². The molecule has 0 unspecified atom stereocenters. The van der Waals surface area contributed by atoms with Gasteiger partial charge in [0.05, 0.1) is 12.7 Å². The zero-order chi connectivity index (χ0) is 16.3. The van der Waals surface area contributed by atoms with Crippen LogP contribution in [0.4, 0.5) is 0 Å². The Morgan fingerprint density at radius 2 is 2.30 bits per heavy atom. The van der Waals surface area contributed by atoms with Crippen LogP contribution >= 0.6 is 11.3 Å². The van der Waals surface area contributed by atoms with Crippen LogP contribution in [0.1, 0.15) is 17.8 Å². The molecule has 1 aliphatic rings. The maximum Gasteiger partial charge on any atom is 0.252 e. The minimum atomic E-state index is -3.40. The van der Waals surface area contributed by atoms with Crippen LogP contribution in [0.15, 0.2) is 34.1 Å². The number of aryl methyl sites for hydroxylation is 2. The van der Waals surface area contributed by atoms with E-state index in [4.69, 9.17) is 4.74 Å². The molecule has 0 bridgehead atoms. The summed E-state index contributed by atoms with van der Waals surface area (Å²) in [7, 11) is -3.40. The number of aromatic nitrogens is 2. The van der Waals surface area contributed by atoms with E-state index in [1.807, 2.05) is 13.0 Å². The number of sulfonamides is 1. The van der Waals surface area contributed by atoms with Crippen molar-refractivity contribution in [3.63, 3.8) is 0 Å². The number of rotatable bonds is 5. The van der Waals surface area contributed by atoms with Crippen LogP contribution in [-0.2, 0) is 21.2 Å². The zero-order valence-corrected chi connectivity index (χ0v) is 14.5.